The van der Waals surface area contributed by atoms with Crippen LogP contribution in [0.25, 0.3) is 44.2 Å². The number of halogens is 5. The lowest BCUT2D eigenvalue weighted by Crippen LogP contribution is -2.33. The monoisotopic (exact) mass is 591 g/mol. The van der Waals surface area contributed by atoms with E-state index >= 15 is 4.39 Å². The van der Waals surface area contributed by atoms with E-state index in [4.69, 9.17) is 9.47 Å². The minimum absolute atomic E-state index is 0.361. The number of rotatable bonds is 3. The Bertz CT molecular complexity index is 1950. The van der Waals surface area contributed by atoms with Crippen molar-refractivity contribution in [3.63, 3.8) is 0 Å². The highest BCUT2D eigenvalue weighted by Crippen LogP contribution is 2.47. The van der Waals surface area contributed by atoms with Crippen LogP contribution in [-0.4, -0.2) is 33.1 Å². The molecule has 0 unspecified atom stereocenters. The molecule has 41 heavy (non-hydrogen) atoms. The van der Waals surface area contributed by atoms with E-state index in [0.717, 1.165) is 11.1 Å². The summed E-state index contributed by atoms with van der Waals surface area (Å²) >= 11 is 0. The first-order valence-electron chi connectivity index (χ1n) is 11.8. The zero-order chi connectivity index (χ0) is 29.7. The van der Waals surface area contributed by atoms with Gasteiger partial charge in [-0.2, -0.15) is 26.2 Å². The number of nitrogens with zero attached hydrogens (tertiary/aromatic N) is 2. The summed E-state index contributed by atoms with van der Waals surface area (Å²) in [4.78, 5) is 4.45. The summed E-state index contributed by atoms with van der Waals surface area (Å²) in [6.07, 6.45) is 0. The molecule has 6 rings (SSSR count). The highest BCUT2D eigenvalue weighted by Gasteiger charge is 2.46. The first-order chi connectivity index (χ1) is 19.4. The second-order valence-electron chi connectivity index (χ2n) is 8.81. The molecular formula is C28H20F5N2O5S+. The molecule has 3 heterocycles. The number of fused-ring (bicyclic) bond motifs is 4. The van der Waals surface area contributed by atoms with E-state index in [0.29, 0.717) is 57.6 Å². The van der Waals surface area contributed by atoms with Gasteiger partial charge in [0.2, 0.25) is 17.1 Å². The van der Waals surface area contributed by atoms with E-state index in [-0.39, 0.29) is 11.6 Å². The fourth-order valence-corrected chi connectivity index (χ4v) is 4.81. The number of pyridine rings is 2. The average molecular weight is 592 g/mol. The first-order valence-corrected chi connectivity index (χ1v) is 13.2. The quantitative estimate of drug-likeness (QED) is 0.0777. The molecule has 13 heteroatoms. The van der Waals surface area contributed by atoms with Crippen molar-refractivity contribution in [2.45, 2.75) is 5.51 Å². The largest absolute Gasteiger partial charge is 0.523 e. The van der Waals surface area contributed by atoms with Crippen LogP contribution < -0.4 is 14.0 Å². The van der Waals surface area contributed by atoms with Crippen molar-refractivity contribution < 1.29 is 48.6 Å². The highest BCUT2D eigenvalue weighted by atomic mass is 32.2. The van der Waals surface area contributed by atoms with Crippen molar-refractivity contribution >= 4 is 31.8 Å². The van der Waals surface area contributed by atoms with Crippen molar-refractivity contribution in [1.29, 1.82) is 0 Å². The van der Waals surface area contributed by atoms with Crippen LogP contribution in [0.15, 0.2) is 66.7 Å². The predicted octanol–water partition coefficient (Wildman–Crippen LogP) is 6.42. The Morgan fingerprint density at radius 1 is 0.902 bits per heavy atom. The zero-order valence-corrected chi connectivity index (χ0v) is 22.4. The van der Waals surface area contributed by atoms with Crippen molar-refractivity contribution in [3.8, 4) is 39.9 Å². The minimum Gasteiger partial charge on any atom is -0.481 e. The van der Waals surface area contributed by atoms with Gasteiger partial charge in [0.05, 0.1) is 36.2 Å². The van der Waals surface area contributed by atoms with Gasteiger partial charge in [0.25, 0.3) is 0 Å². The van der Waals surface area contributed by atoms with E-state index in [1.165, 1.54) is 18.2 Å². The maximum atomic E-state index is 15.6. The van der Waals surface area contributed by atoms with Gasteiger partial charge in [-0.15, -0.1) is 0 Å². The van der Waals surface area contributed by atoms with Gasteiger partial charge < -0.3 is 9.47 Å². The Kier molecular flexibility index (Phi) is 7.03. The third kappa shape index (κ3) is 4.91. The van der Waals surface area contributed by atoms with Gasteiger partial charge in [0.15, 0.2) is 0 Å². The molecule has 3 aromatic carbocycles. The zero-order valence-electron chi connectivity index (χ0n) is 21.6. The van der Waals surface area contributed by atoms with Crippen LogP contribution in [0.3, 0.4) is 0 Å². The highest BCUT2D eigenvalue weighted by molar-refractivity contribution is 7.87. The van der Waals surface area contributed by atoms with E-state index in [1.54, 1.807) is 19.2 Å². The molecule has 0 spiro atoms. The van der Waals surface area contributed by atoms with Gasteiger partial charge in [-0.25, -0.2) is 13.8 Å². The first kappa shape index (κ1) is 28.2. The summed E-state index contributed by atoms with van der Waals surface area (Å²) in [6.45, 7) is 0. The normalized spacial score (nSPS) is 12.4. The van der Waals surface area contributed by atoms with Gasteiger partial charge in [-0.05, 0) is 36.4 Å². The molecule has 0 amide bonds. The van der Waals surface area contributed by atoms with E-state index in [2.05, 4.69) is 9.17 Å². The van der Waals surface area contributed by atoms with Gasteiger partial charge in [-0.3, -0.25) is 4.18 Å². The van der Waals surface area contributed by atoms with E-state index < -0.39 is 15.6 Å². The lowest BCUT2D eigenvalue weighted by Gasteiger charge is -2.20. The topological polar surface area (TPSA) is 78.6 Å². The van der Waals surface area contributed by atoms with Crippen LogP contribution in [0.2, 0.25) is 0 Å². The van der Waals surface area contributed by atoms with Crippen LogP contribution in [-0.2, 0) is 21.3 Å². The van der Waals surface area contributed by atoms with Gasteiger partial charge >= 0.3 is 15.6 Å². The Labute approximate surface area is 230 Å². The minimum atomic E-state index is -5.34. The van der Waals surface area contributed by atoms with Crippen molar-refractivity contribution in [3.05, 3.63) is 78.4 Å². The van der Waals surface area contributed by atoms with Crippen molar-refractivity contribution in [2.75, 3.05) is 14.2 Å². The molecular weight excluding hydrogens is 571 g/mol. The Morgan fingerprint density at radius 2 is 1.63 bits per heavy atom. The Hall–Kier alpha value is -4.36. The summed E-state index contributed by atoms with van der Waals surface area (Å²) in [5, 5.41) is 1.94. The molecule has 212 valence electrons. The molecule has 0 fully saturated rings. The molecule has 0 atom stereocenters. The third-order valence-corrected chi connectivity index (χ3v) is 7.45. The SMILES string of the molecule is COS(=O)(=O)C(F)(F)F.COc1cccc(-c2cc(F)c3c4cccc5c4c([n+](C)c3c2)-c2cc(F)ccc2O5)n1. The fourth-order valence-electron chi connectivity index (χ4n) is 4.62. The number of alkyl halides is 3. The predicted molar refractivity (Wildman–Crippen MR) is 140 cm³/mol. The molecule has 0 saturated carbocycles. The Morgan fingerprint density at radius 3 is 2.29 bits per heavy atom. The molecule has 0 saturated heterocycles. The smallest absolute Gasteiger partial charge is 0.481 e. The summed E-state index contributed by atoms with van der Waals surface area (Å²) in [7, 11) is -1.49. The molecule has 0 N–H and O–H groups in total. The molecule has 0 bridgehead atoms. The summed E-state index contributed by atoms with van der Waals surface area (Å²) in [6, 6.07) is 18.7. The van der Waals surface area contributed by atoms with Crippen molar-refractivity contribution in [2.24, 2.45) is 7.05 Å². The van der Waals surface area contributed by atoms with E-state index in [1.807, 2.05) is 48.0 Å². The lowest BCUT2D eigenvalue weighted by atomic mass is 9.95. The van der Waals surface area contributed by atoms with E-state index in [9.17, 15) is 26.0 Å². The van der Waals surface area contributed by atoms with Gasteiger partial charge in [-0.1, -0.05) is 18.2 Å². The maximum Gasteiger partial charge on any atom is 0.523 e. The van der Waals surface area contributed by atoms with Crippen LogP contribution >= 0.6 is 0 Å². The number of benzene rings is 3. The number of methoxy groups -OCH3 is 1. The molecule has 2 aromatic heterocycles. The average Bonchev–Trinajstić information content (AvgIpc) is 2.94. The van der Waals surface area contributed by atoms with Crippen LogP contribution in [0.5, 0.6) is 17.4 Å². The second kappa shape index (κ2) is 10.2. The van der Waals surface area contributed by atoms with Crippen LogP contribution in [0.4, 0.5) is 22.0 Å². The van der Waals surface area contributed by atoms with Crippen LogP contribution in [0.1, 0.15) is 0 Å². The maximum absolute atomic E-state index is 15.6. The molecule has 0 radical (unpaired) electrons. The number of hydrogen-bond donors (Lipinski definition) is 0. The third-order valence-electron chi connectivity index (χ3n) is 6.45. The number of hydrogen-bond acceptors (Lipinski definition) is 6. The fraction of sp³-hybridized carbons (Fsp3) is 0.143. The standard InChI is InChI=1S/C26H17F2N2O2.C2H3F3O3S/c1-30-20-12-14(19-6-4-8-23(29-19)31-2)11-18(28)24(20)16-5-3-7-22-25(16)26(30)17-13-15(27)9-10-21(17)32-22;1-8-9(6,7)2(3,4)5/h3-13H,1-2H3;1H3/q+1;. The second-order valence-corrected chi connectivity index (χ2v) is 10.5. The molecule has 0 aliphatic carbocycles. The number of aryl methyl sites for hydroxylation is 1. The molecule has 7 nitrogen and oxygen atoms in total. The molecule has 5 aromatic rings. The number of aromatic nitrogens is 2. The Balaban J connectivity index is 0.000000327. The molecule has 1 aliphatic rings. The van der Waals surface area contributed by atoms with Crippen LogP contribution in [0, 0.1) is 11.6 Å². The summed E-state index contributed by atoms with van der Waals surface area (Å²) < 4.78 is 98.8. The lowest BCUT2D eigenvalue weighted by molar-refractivity contribution is -0.632. The molecule has 1 aliphatic heterocycles. The van der Waals surface area contributed by atoms with Crippen molar-refractivity contribution in [1.82, 2.24) is 4.98 Å². The number of ether oxygens (including phenoxy) is 2. The summed E-state index contributed by atoms with van der Waals surface area (Å²) in [5.41, 5.74) is -2.01. The van der Waals surface area contributed by atoms with Gasteiger partial charge in [0.1, 0.15) is 30.2 Å². The summed E-state index contributed by atoms with van der Waals surface area (Å²) in [5.74, 6) is 0.901. The van der Waals surface area contributed by atoms with Gasteiger partial charge in [0, 0.05) is 23.1 Å².